The number of para-hydroxylation sites is 1. The van der Waals surface area contributed by atoms with Crippen LogP contribution in [0.2, 0.25) is 0 Å². The van der Waals surface area contributed by atoms with Crippen molar-refractivity contribution in [3.63, 3.8) is 0 Å². The summed E-state index contributed by atoms with van der Waals surface area (Å²) in [5, 5.41) is 2.92. The number of ether oxygens (including phenoxy) is 1. The van der Waals surface area contributed by atoms with E-state index in [1.54, 1.807) is 0 Å². The van der Waals surface area contributed by atoms with Gasteiger partial charge in [0.1, 0.15) is 12.4 Å². The molecule has 0 saturated carbocycles. The van der Waals surface area contributed by atoms with Crippen molar-refractivity contribution in [2.24, 2.45) is 10.7 Å². The monoisotopic (exact) mass is 291 g/mol. The summed E-state index contributed by atoms with van der Waals surface area (Å²) in [7, 11) is 0. The molecule has 0 fully saturated rings. The minimum atomic E-state index is -0.943. The fourth-order valence-electron chi connectivity index (χ4n) is 1.61. The van der Waals surface area contributed by atoms with Crippen LogP contribution in [0.15, 0.2) is 53.5 Å². The molecule has 21 heavy (non-hydrogen) atoms. The number of rotatable bonds is 5. The zero-order chi connectivity index (χ0) is 15.1. The van der Waals surface area contributed by atoms with Crippen molar-refractivity contribution in [3.05, 3.63) is 60.2 Å². The standard InChI is InChI=1S/C15H15F2N3O/c16-13-7-6-12(10-14(13)17)21-9-8-19-15(18)20-11-4-2-1-3-5-11/h1-7,10H,8-9H2,(H3,18,19,20). The van der Waals surface area contributed by atoms with E-state index < -0.39 is 11.6 Å². The number of hydrogen-bond acceptors (Lipinski definition) is 2. The molecule has 0 heterocycles. The summed E-state index contributed by atoms with van der Waals surface area (Å²) in [6.07, 6.45) is 0. The largest absolute Gasteiger partial charge is 0.492 e. The molecule has 0 saturated heterocycles. The van der Waals surface area contributed by atoms with Crippen molar-refractivity contribution >= 4 is 11.6 Å². The van der Waals surface area contributed by atoms with Gasteiger partial charge in [-0.2, -0.15) is 0 Å². The molecule has 0 bridgehead atoms. The normalized spacial score (nSPS) is 11.2. The Morgan fingerprint density at radius 1 is 1.10 bits per heavy atom. The van der Waals surface area contributed by atoms with Gasteiger partial charge in [0, 0.05) is 11.8 Å². The predicted octanol–water partition coefficient (Wildman–Crippen LogP) is 2.77. The molecule has 0 aromatic heterocycles. The maximum Gasteiger partial charge on any atom is 0.193 e. The lowest BCUT2D eigenvalue weighted by Gasteiger charge is -2.06. The van der Waals surface area contributed by atoms with Gasteiger partial charge in [-0.15, -0.1) is 0 Å². The molecule has 0 amide bonds. The molecular weight excluding hydrogens is 276 g/mol. The van der Waals surface area contributed by atoms with Crippen molar-refractivity contribution in [1.82, 2.24) is 0 Å². The van der Waals surface area contributed by atoms with Gasteiger partial charge in [0.05, 0.1) is 6.54 Å². The number of nitrogens with one attached hydrogen (secondary N) is 1. The van der Waals surface area contributed by atoms with Gasteiger partial charge < -0.3 is 15.8 Å². The van der Waals surface area contributed by atoms with E-state index >= 15 is 0 Å². The number of aliphatic imine (C=N–C) groups is 1. The van der Waals surface area contributed by atoms with Gasteiger partial charge >= 0.3 is 0 Å². The highest BCUT2D eigenvalue weighted by molar-refractivity contribution is 5.92. The number of nitrogens with zero attached hydrogens (tertiary/aromatic N) is 1. The zero-order valence-electron chi connectivity index (χ0n) is 11.2. The highest BCUT2D eigenvalue weighted by atomic mass is 19.2. The molecule has 6 heteroatoms. The van der Waals surface area contributed by atoms with E-state index in [-0.39, 0.29) is 18.3 Å². The minimum Gasteiger partial charge on any atom is -0.492 e. The van der Waals surface area contributed by atoms with Crippen LogP contribution in [-0.2, 0) is 0 Å². The first kappa shape index (κ1) is 14.8. The molecular formula is C15H15F2N3O. The fourth-order valence-corrected chi connectivity index (χ4v) is 1.61. The first-order valence-electron chi connectivity index (χ1n) is 6.35. The Bertz CT molecular complexity index is 618. The zero-order valence-corrected chi connectivity index (χ0v) is 11.2. The van der Waals surface area contributed by atoms with E-state index in [2.05, 4.69) is 10.3 Å². The van der Waals surface area contributed by atoms with Crippen molar-refractivity contribution < 1.29 is 13.5 Å². The summed E-state index contributed by atoms with van der Waals surface area (Å²) in [6.45, 7) is 0.507. The van der Waals surface area contributed by atoms with Crippen molar-refractivity contribution in [2.75, 3.05) is 18.5 Å². The summed E-state index contributed by atoms with van der Waals surface area (Å²) in [5.74, 6) is -1.34. The predicted molar refractivity (Wildman–Crippen MR) is 78.4 cm³/mol. The lowest BCUT2D eigenvalue weighted by Crippen LogP contribution is -2.23. The van der Waals surface area contributed by atoms with Gasteiger partial charge in [0.15, 0.2) is 17.6 Å². The summed E-state index contributed by atoms with van der Waals surface area (Å²) >= 11 is 0. The third-order valence-corrected chi connectivity index (χ3v) is 2.58. The maximum atomic E-state index is 12.9. The van der Waals surface area contributed by atoms with Crippen LogP contribution >= 0.6 is 0 Å². The van der Waals surface area contributed by atoms with Crippen molar-refractivity contribution in [1.29, 1.82) is 0 Å². The summed E-state index contributed by atoms with van der Waals surface area (Å²) in [4.78, 5) is 4.06. The van der Waals surface area contributed by atoms with Gasteiger partial charge in [-0.25, -0.2) is 13.8 Å². The maximum absolute atomic E-state index is 12.9. The Balaban J connectivity index is 1.78. The van der Waals surface area contributed by atoms with Crippen LogP contribution in [0.5, 0.6) is 5.75 Å². The Labute approximate surface area is 121 Å². The van der Waals surface area contributed by atoms with Crippen LogP contribution in [0.4, 0.5) is 14.5 Å². The molecule has 3 N–H and O–H groups in total. The smallest absolute Gasteiger partial charge is 0.193 e. The average molecular weight is 291 g/mol. The van der Waals surface area contributed by atoms with E-state index in [0.717, 1.165) is 17.8 Å². The molecule has 0 spiro atoms. The average Bonchev–Trinajstić information content (AvgIpc) is 2.48. The highest BCUT2D eigenvalue weighted by Gasteiger charge is 2.02. The van der Waals surface area contributed by atoms with E-state index in [0.29, 0.717) is 6.54 Å². The molecule has 0 radical (unpaired) electrons. The number of nitrogens with two attached hydrogens (primary N) is 1. The molecule has 2 aromatic carbocycles. The Morgan fingerprint density at radius 3 is 2.57 bits per heavy atom. The second-order valence-electron chi connectivity index (χ2n) is 4.18. The Hall–Kier alpha value is -2.63. The molecule has 0 aliphatic rings. The molecule has 110 valence electrons. The Kier molecular flexibility index (Phi) is 5.09. The summed E-state index contributed by atoms with van der Waals surface area (Å²) in [6, 6.07) is 12.7. The van der Waals surface area contributed by atoms with Crippen LogP contribution in [0.25, 0.3) is 0 Å². The van der Waals surface area contributed by atoms with E-state index in [4.69, 9.17) is 10.5 Å². The number of hydrogen-bond donors (Lipinski definition) is 2. The van der Waals surface area contributed by atoms with E-state index in [1.807, 2.05) is 30.3 Å². The third-order valence-electron chi connectivity index (χ3n) is 2.58. The first-order chi connectivity index (χ1) is 10.1. The lowest BCUT2D eigenvalue weighted by molar-refractivity contribution is 0.325. The van der Waals surface area contributed by atoms with Crippen LogP contribution in [0.3, 0.4) is 0 Å². The van der Waals surface area contributed by atoms with E-state index in [9.17, 15) is 8.78 Å². The summed E-state index contributed by atoms with van der Waals surface area (Å²) < 4.78 is 30.9. The third kappa shape index (κ3) is 4.76. The molecule has 4 nitrogen and oxygen atoms in total. The van der Waals surface area contributed by atoms with Crippen molar-refractivity contribution in [3.8, 4) is 5.75 Å². The van der Waals surface area contributed by atoms with Gasteiger partial charge in [0.25, 0.3) is 0 Å². The molecule has 0 unspecified atom stereocenters. The van der Waals surface area contributed by atoms with Gasteiger partial charge in [-0.3, -0.25) is 0 Å². The second kappa shape index (κ2) is 7.23. The molecule has 0 aliphatic carbocycles. The van der Waals surface area contributed by atoms with Crippen LogP contribution in [0, 0.1) is 11.6 Å². The Morgan fingerprint density at radius 2 is 1.86 bits per heavy atom. The summed E-state index contributed by atoms with van der Waals surface area (Å²) in [5.41, 5.74) is 6.54. The number of benzene rings is 2. The molecule has 0 aliphatic heterocycles. The van der Waals surface area contributed by atoms with Gasteiger partial charge in [-0.05, 0) is 24.3 Å². The minimum absolute atomic E-state index is 0.211. The topological polar surface area (TPSA) is 59.6 Å². The fraction of sp³-hybridized carbons (Fsp3) is 0.133. The number of anilines is 1. The quantitative estimate of drug-likeness (QED) is 0.506. The number of halogens is 2. The SMILES string of the molecule is NC(=NCCOc1ccc(F)c(F)c1)Nc1ccccc1. The molecule has 2 rings (SSSR count). The van der Waals surface area contributed by atoms with Gasteiger partial charge in [0.2, 0.25) is 0 Å². The molecule has 2 aromatic rings. The number of guanidine groups is 1. The van der Waals surface area contributed by atoms with Crippen LogP contribution in [0.1, 0.15) is 0 Å². The van der Waals surface area contributed by atoms with Gasteiger partial charge in [-0.1, -0.05) is 18.2 Å². The second-order valence-corrected chi connectivity index (χ2v) is 4.18. The molecule has 0 atom stereocenters. The first-order valence-corrected chi connectivity index (χ1v) is 6.35. The highest BCUT2D eigenvalue weighted by Crippen LogP contribution is 2.15. The van der Waals surface area contributed by atoms with Crippen molar-refractivity contribution in [2.45, 2.75) is 0 Å². The van der Waals surface area contributed by atoms with Crippen LogP contribution < -0.4 is 15.8 Å². The lowest BCUT2D eigenvalue weighted by atomic mass is 10.3. The van der Waals surface area contributed by atoms with Crippen LogP contribution in [-0.4, -0.2) is 19.1 Å². The van der Waals surface area contributed by atoms with E-state index in [1.165, 1.54) is 6.07 Å².